The quantitative estimate of drug-likeness (QED) is 0.770. The first kappa shape index (κ1) is 15.7. The average Bonchev–Trinajstić information content (AvgIpc) is 2.39. The molecule has 0 fully saturated rings. The highest BCUT2D eigenvalue weighted by Gasteiger charge is 2.26. The Bertz CT molecular complexity index is 401. The van der Waals surface area contributed by atoms with Crippen molar-refractivity contribution in [1.82, 2.24) is 0 Å². The number of ether oxygens (including phenoxy) is 1. The van der Waals surface area contributed by atoms with Crippen LogP contribution in [0.2, 0.25) is 0 Å². The molecular formula is C16H24O3. The van der Waals surface area contributed by atoms with Crippen molar-refractivity contribution in [3.8, 4) is 0 Å². The van der Waals surface area contributed by atoms with Gasteiger partial charge in [-0.3, -0.25) is 4.79 Å². The van der Waals surface area contributed by atoms with Gasteiger partial charge in [0.15, 0.2) is 0 Å². The van der Waals surface area contributed by atoms with Crippen molar-refractivity contribution < 1.29 is 14.6 Å². The Balaban J connectivity index is 2.90. The summed E-state index contributed by atoms with van der Waals surface area (Å²) in [6, 6.07) is 8.21. The van der Waals surface area contributed by atoms with E-state index in [1.165, 1.54) is 5.56 Å². The van der Waals surface area contributed by atoms with Crippen LogP contribution in [-0.2, 0) is 9.53 Å². The SMILES string of the molecule is CCOC(=O)C(C)[C@H](CCCO)c1cccc(C)c1. The summed E-state index contributed by atoms with van der Waals surface area (Å²) in [5.41, 5.74) is 2.33. The normalized spacial score (nSPS) is 13.9. The highest BCUT2D eigenvalue weighted by molar-refractivity contribution is 5.73. The second kappa shape index (κ2) is 7.95. The van der Waals surface area contributed by atoms with Crippen molar-refractivity contribution in [2.45, 2.75) is 39.5 Å². The van der Waals surface area contributed by atoms with E-state index < -0.39 is 0 Å². The number of carbonyl (C=O) groups excluding carboxylic acids is 1. The van der Waals surface area contributed by atoms with Gasteiger partial charge < -0.3 is 9.84 Å². The van der Waals surface area contributed by atoms with Crippen molar-refractivity contribution in [3.63, 3.8) is 0 Å². The standard InChI is InChI=1S/C16H24O3/c1-4-19-16(18)13(3)15(9-6-10-17)14-8-5-7-12(2)11-14/h5,7-8,11,13,15,17H,4,6,9-10H2,1-3H3/t13?,15-/m0/s1. The average molecular weight is 264 g/mol. The molecule has 0 saturated heterocycles. The molecule has 0 spiro atoms. The molecule has 1 N–H and O–H groups in total. The summed E-state index contributed by atoms with van der Waals surface area (Å²) in [6.45, 7) is 6.32. The predicted octanol–water partition coefficient (Wildman–Crippen LogP) is 3.05. The number of carbonyl (C=O) groups is 1. The van der Waals surface area contributed by atoms with Crippen LogP contribution in [0.3, 0.4) is 0 Å². The van der Waals surface area contributed by atoms with E-state index in [2.05, 4.69) is 6.07 Å². The number of aliphatic hydroxyl groups excluding tert-OH is 1. The van der Waals surface area contributed by atoms with Gasteiger partial charge >= 0.3 is 5.97 Å². The molecular weight excluding hydrogens is 240 g/mol. The van der Waals surface area contributed by atoms with E-state index in [4.69, 9.17) is 9.84 Å². The van der Waals surface area contributed by atoms with Gasteiger partial charge in [-0.15, -0.1) is 0 Å². The summed E-state index contributed by atoms with van der Waals surface area (Å²) in [4.78, 5) is 11.9. The van der Waals surface area contributed by atoms with Gasteiger partial charge in [-0.25, -0.2) is 0 Å². The van der Waals surface area contributed by atoms with E-state index in [0.717, 1.165) is 12.0 Å². The van der Waals surface area contributed by atoms with Crippen LogP contribution in [0.15, 0.2) is 24.3 Å². The molecule has 1 rings (SSSR count). The molecule has 106 valence electrons. The molecule has 0 aliphatic rings. The Morgan fingerprint density at radius 3 is 2.74 bits per heavy atom. The highest BCUT2D eigenvalue weighted by atomic mass is 16.5. The molecule has 0 aliphatic carbocycles. The number of esters is 1. The lowest BCUT2D eigenvalue weighted by Crippen LogP contribution is -2.22. The van der Waals surface area contributed by atoms with E-state index in [1.807, 2.05) is 39.0 Å². The Hall–Kier alpha value is -1.35. The van der Waals surface area contributed by atoms with E-state index in [0.29, 0.717) is 13.0 Å². The summed E-state index contributed by atoms with van der Waals surface area (Å²) in [5.74, 6) is -0.244. The molecule has 0 amide bonds. The molecule has 0 bridgehead atoms. The maximum absolute atomic E-state index is 11.9. The van der Waals surface area contributed by atoms with E-state index in [9.17, 15) is 4.79 Å². The summed E-state index contributed by atoms with van der Waals surface area (Å²) >= 11 is 0. The number of aryl methyl sites for hydroxylation is 1. The summed E-state index contributed by atoms with van der Waals surface area (Å²) in [5, 5.41) is 9.02. The molecule has 0 heterocycles. The molecule has 19 heavy (non-hydrogen) atoms. The molecule has 1 unspecified atom stereocenters. The highest BCUT2D eigenvalue weighted by Crippen LogP contribution is 2.30. The Kier molecular flexibility index (Phi) is 6.57. The van der Waals surface area contributed by atoms with Gasteiger partial charge in [0.25, 0.3) is 0 Å². The van der Waals surface area contributed by atoms with E-state index in [-0.39, 0.29) is 24.4 Å². The molecule has 2 atom stereocenters. The van der Waals surface area contributed by atoms with Crippen molar-refractivity contribution in [3.05, 3.63) is 35.4 Å². The lowest BCUT2D eigenvalue weighted by atomic mass is 9.83. The maximum Gasteiger partial charge on any atom is 0.309 e. The molecule has 1 aromatic rings. The number of benzene rings is 1. The third-order valence-corrected chi connectivity index (χ3v) is 3.41. The zero-order chi connectivity index (χ0) is 14.3. The minimum atomic E-state index is -0.187. The van der Waals surface area contributed by atoms with E-state index >= 15 is 0 Å². The largest absolute Gasteiger partial charge is 0.466 e. The van der Waals surface area contributed by atoms with E-state index in [1.54, 1.807) is 0 Å². The van der Waals surface area contributed by atoms with Crippen LogP contribution in [0, 0.1) is 12.8 Å². The Labute approximate surface area is 115 Å². The van der Waals surface area contributed by atoms with Crippen molar-refractivity contribution in [2.24, 2.45) is 5.92 Å². The van der Waals surface area contributed by atoms with Crippen LogP contribution >= 0.6 is 0 Å². The Morgan fingerprint density at radius 1 is 1.42 bits per heavy atom. The molecule has 1 aromatic carbocycles. The molecule has 0 aliphatic heterocycles. The minimum Gasteiger partial charge on any atom is -0.466 e. The van der Waals surface area contributed by atoms with Crippen LogP contribution in [0.25, 0.3) is 0 Å². The van der Waals surface area contributed by atoms with Crippen LogP contribution < -0.4 is 0 Å². The first-order valence-corrected chi connectivity index (χ1v) is 6.94. The third-order valence-electron chi connectivity index (χ3n) is 3.41. The topological polar surface area (TPSA) is 46.5 Å². The van der Waals surface area contributed by atoms with Gasteiger partial charge in [0.1, 0.15) is 0 Å². The predicted molar refractivity (Wildman–Crippen MR) is 76.0 cm³/mol. The maximum atomic E-state index is 11.9. The second-order valence-electron chi connectivity index (χ2n) is 4.93. The summed E-state index contributed by atoms with van der Waals surface area (Å²) in [7, 11) is 0. The van der Waals surface area contributed by atoms with Gasteiger partial charge in [0.2, 0.25) is 0 Å². The van der Waals surface area contributed by atoms with Gasteiger partial charge in [-0.05, 0) is 38.2 Å². The van der Waals surface area contributed by atoms with Crippen molar-refractivity contribution in [2.75, 3.05) is 13.2 Å². The third kappa shape index (κ3) is 4.67. The van der Waals surface area contributed by atoms with Crippen LogP contribution in [-0.4, -0.2) is 24.3 Å². The smallest absolute Gasteiger partial charge is 0.309 e. The van der Waals surface area contributed by atoms with Crippen LogP contribution in [0.1, 0.15) is 43.7 Å². The van der Waals surface area contributed by atoms with Crippen LogP contribution in [0.4, 0.5) is 0 Å². The zero-order valence-corrected chi connectivity index (χ0v) is 12.1. The van der Waals surface area contributed by atoms with Gasteiger partial charge in [0, 0.05) is 6.61 Å². The number of aliphatic hydroxyl groups is 1. The lowest BCUT2D eigenvalue weighted by Gasteiger charge is -2.23. The fraction of sp³-hybridized carbons (Fsp3) is 0.562. The first-order chi connectivity index (χ1) is 9.10. The molecule has 3 nitrogen and oxygen atoms in total. The van der Waals surface area contributed by atoms with Crippen molar-refractivity contribution >= 4 is 5.97 Å². The Morgan fingerprint density at radius 2 is 2.16 bits per heavy atom. The summed E-state index contributed by atoms with van der Waals surface area (Å²) < 4.78 is 5.11. The zero-order valence-electron chi connectivity index (χ0n) is 12.1. The molecule has 0 saturated carbocycles. The van der Waals surface area contributed by atoms with Gasteiger partial charge in [-0.2, -0.15) is 0 Å². The number of rotatable bonds is 7. The van der Waals surface area contributed by atoms with Crippen molar-refractivity contribution in [1.29, 1.82) is 0 Å². The number of hydrogen-bond acceptors (Lipinski definition) is 3. The number of hydrogen-bond donors (Lipinski definition) is 1. The monoisotopic (exact) mass is 264 g/mol. The van der Waals surface area contributed by atoms with Crippen LogP contribution in [0.5, 0.6) is 0 Å². The minimum absolute atomic E-state index is 0.103. The van der Waals surface area contributed by atoms with Gasteiger partial charge in [0.05, 0.1) is 12.5 Å². The van der Waals surface area contributed by atoms with Gasteiger partial charge in [-0.1, -0.05) is 36.8 Å². The molecule has 0 aromatic heterocycles. The lowest BCUT2D eigenvalue weighted by molar-refractivity contribution is -0.148. The first-order valence-electron chi connectivity index (χ1n) is 6.94. The fourth-order valence-corrected chi connectivity index (χ4v) is 2.36. The second-order valence-corrected chi connectivity index (χ2v) is 4.93. The fourth-order valence-electron chi connectivity index (χ4n) is 2.36. The summed E-state index contributed by atoms with van der Waals surface area (Å²) in [6.07, 6.45) is 1.49. The molecule has 0 radical (unpaired) electrons. The molecule has 3 heteroatoms.